The van der Waals surface area contributed by atoms with E-state index in [9.17, 15) is 0 Å². The van der Waals surface area contributed by atoms with E-state index >= 15 is 0 Å². The normalized spacial score (nSPS) is 15.5. The van der Waals surface area contributed by atoms with Gasteiger partial charge in [0.1, 0.15) is 0 Å². The molecule has 0 aliphatic carbocycles. The molecule has 2 N–H and O–H groups in total. The van der Waals surface area contributed by atoms with Crippen LogP contribution in [0.4, 0.5) is 0 Å². The van der Waals surface area contributed by atoms with Crippen LogP contribution >= 0.6 is 12.2 Å². The van der Waals surface area contributed by atoms with E-state index in [0.29, 0.717) is 5.11 Å². The molecule has 0 radical (unpaired) electrons. The van der Waals surface area contributed by atoms with Gasteiger partial charge < -0.3 is 10.1 Å². The van der Waals surface area contributed by atoms with Gasteiger partial charge in [0.25, 0.3) is 0 Å². The van der Waals surface area contributed by atoms with Crippen molar-refractivity contribution in [1.82, 2.24) is 15.6 Å². The Kier molecular flexibility index (Phi) is 8.18. The van der Waals surface area contributed by atoms with Crippen LogP contribution in [0.2, 0.25) is 0 Å². The molecule has 0 spiro atoms. The van der Waals surface area contributed by atoms with Crippen LogP contribution in [0.1, 0.15) is 11.1 Å². The first-order valence-electron chi connectivity index (χ1n) is 9.51. The van der Waals surface area contributed by atoms with E-state index in [2.05, 4.69) is 32.9 Å². The molecule has 0 saturated carbocycles. The van der Waals surface area contributed by atoms with E-state index in [1.807, 2.05) is 60.7 Å². The Hall–Kier alpha value is -2.54. The van der Waals surface area contributed by atoms with Crippen LogP contribution < -0.4 is 10.7 Å². The maximum absolute atomic E-state index is 5.37. The number of nitrogens with zero attached hydrogens (tertiary/aromatic N) is 2. The summed E-state index contributed by atoms with van der Waals surface area (Å²) in [5, 5.41) is 8.26. The summed E-state index contributed by atoms with van der Waals surface area (Å²) in [4.78, 5) is 2.36. The van der Waals surface area contributed by atoms with Crippen LogP contribution in [-0.2, 0) is 4.74 Å². The van der Waals surface area contributed by atoms with E-state index in [1.54, 1.807) is 0 Å². The third kappa shape index (κ3) is 6.88. The molecule has 2 aromatic rings. The molecule has 146 valence electrons. The van der Waals surface area contributed by atoms with Crippen molar-refractivity contribution in [2.24, 2.45) is 5.10 Å². The average Bonchev–Trinajstić information content (AvgIpc) is 2.76. The Balaban J connectivity index is 1.57. The molecule has 0 atom stereocenters. The first-order valence-corrected chi connectivity index (χ1v) is 9.92. The minimum Gasteiger partial charge on any atom is -0.379 e. The number of hydrogen-bond donors (Lipinski definition) is 2. The molecule has 1 aliphatic rings. The SMILES string of the molecule is S=C(NCCN1CCOCC1)N/N=C(\C=C\c1ccccc1)c1ccccc1. The van der Waals surface area contributed by atoms with Gasteiger partial charge in [0.05, 0.1) is 18.9 Å². The molecule has 1 aliphatic heterocycles. The molecule has 0 aromatic heterocycles. The average molecular weight is 395 g/mol. The van der Waals surface area contributed by atoms with Gasteiger partial charge in [-0.3, -0.25) is 10.3 Å². The number of thiocarbonyl (C=S) groups is 1. The minimum atomic E-state index is 0.523. The molecule has 1 heterocycles. The zero-order chi connectivity index (χ0) is 19.4. The molecule has 1 fully saturated rings. The highest BCUT2D eigenvalue weighted by Gasteiger charge is 2.09. The second-order valence-corrected chi connectivity index (χ2v) is 6.84. The third-order valence-corrected chi connectivity index (χ3v) is 4.63. The lowest BCUT2D eigenvalue weighted by Crippen LogP contribution is -2.42. The van der Waals surface area contributed by atoms with Gasteiger partial charge in [-0.1, -0.05) is 66.7 Å². The van der Waals surface area contributed by atoms with Crippen molar-refractivity contribution in [1.29, 1.82) is 0 Å². The quantitative estimate of drug-likeness (QED) is 0.430. The number of hydrogen-bond acceptors (Lipinski definition) is 4. The maximum Gasteiger partial charge on any atom is 0.187 e. The van der Waals surface area contributed by atoms with Crippen LogP contribution in [0, 0.1) is 0 Å². The van der Waals surface area contributed by atoms with E-state index in [4.69, 9.17) is 17.0 Å². The van der Waals surface area contributed by atoms with Gasteiger partial charge in [0, 0.05) is 31.7 Å². The Bertz CT molecular complexity index is 787. The highest BCUT2D eigenvalue weighted by molar-refractivity contribution is 7.80. The maximum atomic E-state index is 5.37. The Morgan fingerprint density at radius 1 is 1.04 bits per heavy atom. The van der Waals surface area contributed by atoms with Crippen LogP contribution in [0.5, 0.6) is 0 Å². The van der Waals surface area contributed by atoms with Crippen molar-refractivity contribution in [2.75, 3.05) is 39.4 Å². The lowest BCUT2D eigenvalue weighted by molar-refractivity contribution is 0.0389. The van der Waals surface area contributed by atoms with Gasteiger partial charge in [-0.2, -0.15) is 5.10 Å². The summed E-state index contributed by atoms with van der Waals surface area (Å²) in [6.07, 6.45) is 4.04. The van der Waals surface area contributed by atoms with Gasteiger partial charge in [-0.05, 0) is 23.9 Å². The summed E-state index contributed by atoms with van der Waals surface area (Å²) in [5.41, 5.74) is 5.94. The van der Waals surface area contributed by atoms with Gasteiger partial charge >= 0.3 is 0 Å². The molecular weight excluding hydrogens is 368 g/mol. The summed E-state index contributed by atoms with van der Waals surface area (Å²) in [5.74, 6) is 0. The topological polar surface area (TPSA) is 48.9 Å². The van der Waals surface area contributed by atoms with E-state index in [-0.39, 0.29) is 0 Å². The molecule has 5 nitrogen and oxygen atoms in total. The molecule has 28 heavy (non-hydrogen) atoms. The molecule has 0 amide bonds. The third-order valence-electron chi connectivity index (χ3n) is 4.40. The number of benzene rings is 2. The molecule has 0 unspecified atom stereocenters. The predicted octanol–water partition coefficient (Wildman–Crippen LogP) is 2.90. The minimum absolute atomic E-state index is 0.523. The van der Waals surface area contributed by atoms with Crippen LogP contribution in [0.15, 0.2) is 71.8 Å². The van der Waals surface area contributed by atoms with Crippen molar-refractivity contribution in [3.05, 3.63) is 77.9 Å². The lowest BCUT2D eigenvalue weighted by atomic mass is 10.1. The summed E-state index contributed by atoms with van der Waals surface area (Å²) in [6, 6.07) is 20.2. The smallest absolute Gasteiger partial charge is 0.187 e. The lowest BCUT2D eigenvalue weighted by Gasteiger charge is -2.26. The van der Waals surface area contributed by atoms with Gasteiger partial charge in [-0.15, -0.1) is 0 Å². The number of hydrazone groups is 1. The Morgan fingerprint density at radius 3 is 2.43 bits per heavy atom. The molecular formula is C22H26N4OS. The summed E-state index contributed by atoms with van der Waals surface area (Å²) >= 11 is 5.37. The van der Waals surface area contributed by atoms with Gasteiger partial charge in [0.15, 0.2) is 5.11 Å². The fourth-order valence-corrected chi connectivity index (χ4v) is 3.00. The van der Waals surface area contributed by atoms with E-state index in [0.717, 1.165) is 56.2 Å². The second-order valence-electron chi connectivity index (χ2n) is 6.43. The highest BCUT2D eigenvalue weighted by atomic mass is 32.1. The van der Waals surface area contributed by atoms with Crippen LogP contribution in [-0.4, -0.2) is 55.1 Å². The van der Waals surface area contributed by atoms with Gasteiger partial charge in [-0.25, -0.2) is 0 Å². The summed E-state index contributed by atoms with van der Waals surface area (Å²) in [6.45, 7) is 5.28. The fourth-order valence-electron chi connectivity index (χ4n) is 2.85. The molecule has 2 aromatic carbocycles. The highest BCUT2D eigenvalue weighted by Crippen LogP contribution is 2.06. The number of rotatable bonds is 7. The number of morpholine rings is 1. The predicted molar refractivity (Wildman–Crippen MR) is 119 cm³/mol. The molecule has 6 heteroatoms. The molecule has 1 saturated heterocycles. The van der Waals surface area contributed by atoms with E-state index < -0.39 is 0 Å². The van der Waals surface area contributed by atoms with Crippen molar-refractivity contribution in [3.8, 4) is 0 Å². The zero-order valence-electron chi connectivity index (χ0n) is 15.9. The number of allylic oxidation sites excluding steroid dienone is 1. The fraction of sp³-hybridized carbons (Fsp3) is 0.273. The van der Waals surface area contributed by atoms with Crippen molar-refractivity contribution in [3.63, 3.8) is 0 Å². The van der Waals surface area contributed by atoms with Crippen molar-refractivity contribution < 1.29 is 4.74 Å². The van der Waals surface area contributed by atoms with Crippen molar-refractivity contribution in [2.45, 2.75) is 0 Å². The Morgan fingerprint density at radius 2 is 1.71 bits per heavy atom. The van der Waals surface area contributed by atoms with Gasteiger partial charge in [0.2, 0.25) is 0 Å². The van der Waals surface area contributed by atoms with Crippen LogP contribution in [0.3, 0.4) is 0 Å². The summed E-state index contributed by atoms with van der Waals surface area (Å²) < 4.78 is 5.36. The largest absolute Gasteiger partial charge is 0.379 e. The molecule has 0 bridgehead atoms. The standard InChI is InChI=1S/C22H26N4OS/c28-22(23-13-14-26-15-17-27-18-16-26)25-24-21(20-9-5-2-6-10-20)12-11-19-7-3-1-4-8-19/h1-12H,13-18H2,(H2,23,25,28)/b12-11+,24-21+. The van der Waals surface area contributed by atoms with Crippen LogP contribution in [0.25, 0.3) is 6.08 Å². The number of ether oxygens (including phenoxy) is 1. The second kappa shape index (κ2) is 11.3. The monoisotopic (exact) mass is 394 g/mol. The van der Waals surface area contributed by atoms with Crippen molar-refractivity contribution >= 4 is 29.1 Å². The number of nitrogens with one attached hydrogen (secondary N) is 2. The Labute approximate surface area is 172 Å². The summed E-state index contributed by atoms with van der Waals surface area (Å²) in [7, 11) is 0. The molecule has 3 rings (SSSR count). The van der Waals surface area contributed by atoms with E-state index in [1.165, 1.54) is 0 Å². The zero-order valence-corrected chi connectivity index (χ0v) is 16.7. The first kappa shape index (κ1) is 20.2. The first-order chi connectivity index (χ1) is 13.8.